The molecule has 6 aromatic rings. The number of piperidine rings is 2. The van der Waals surface area contributed by atoms with Gasteiger partial charge in [0.1, 0.15) is 47.7 Å². The Balaban J connectivity index is 0.653. The number of nitrogens with one attached hydrogen (secondary N) is 1. The van der Waals surface area contributed by atoms with E-state index in [1.54, 1.807) is 46.6 Å². The topological polar surface area (TPSA) is 187 Å². The number of pyridine rings is 1. The van der Waals surface area contributed by atoms with Gasteiger partial charge >= 0.3 is 23.9 Å². The standard InChI is InChI=1S/C65H74F2N10O8/c1-6-45-48(66)19-16-40-10-7-12-46(52(40)45)54-53(67)55-47(34-68-54)57(74-35-42-17-18-43(36-74)76(42)62(82)85-63(2,3)4)71-59(70-55)84-38-65-25-9-31-75(65)44(24-28-65)37-83-61(81)73-32-29-64(30-33-73)26-22-39(23-27-64)14-15-41-11-8-13-49-56(41)72(5)60(80)77(49)50-20-21-51(78)69-58(50)79/h1,7-8,10-13,16,19,34,39,42-44,50H,9,14-15,17-18,20-33,35-38H2,2-5H3,(H,69,78,79)/t42?,43?,44-,50?,65-/m0/s1. The maximum Gasteiger partial charge on any atom is 0.410 e. The molecule has 5 atom stereocenters. The van der Waals surface area contributed by atoms with Crippen molar-refractivity contribution in [1.82, 2.24) is 44.1 Å². The Kier molecular flexibility index (Phi) is 14.6. The van der Waals surface area contributed by atoms with Crippen molar-refractivity contribution in [3.8, 4) is 29.6 Å². The van der Waals surface area contributed by atoms with Gasteiger partial charge in [0.15, 0.2) is 5.82 Å². The first-order chi connectivity index (χ1) is 40.9. The van der Waals surface area contributed by atoms with Crippen LogP contribution in [0.25, 0.3) is 44.0 Å². The van der Waals surface area contributed by atoms with Crippen molar-refractivity contribution in [2.75, 3.05) is 50.8 Å². The number of carbonyl (C=O) groups excluding carboxylic acids is 4. The highest BCUT2D eigenvalue weighted by Crippen LogP contribution is 2.48. The summed E-state index contributed by atoms with van der Waals surface area (Å²) in [5, 5.41) is 3.78. The summed E-state index contributed by atoms with van der Waals surface area (Å²) in [4.78, 5) is 88.2. The number of benzene rings is 3. The Labute approximate surface area is 492 Å². The first kappa shape index (κ1) is 56.5. The van der Waals surface area contributed by atoms with E-state index in [-0.39, 0.29) is 95.3 Å². The second-order valence-electron chi connectivity index (χ2n) is 26.2. The molecular formula is C65H74F2N10O8. The lowest BCUT2D eigenvalue weighted by molar-refractivity contribution is -0.135. The number of aromatic nitrogens is 5. The molecule has 1 aliphatic carbocycles. The van der Waals surface area contributed by atoms with Crippen LogP contribution in [-0.4, -0.2) is 138 Å². The van der Waals surface area contributed by atoms with Crippen molar-refractivity contribution in [3.05, 3.63) is 88.0 Å². The molecule has 3 aromatic carbocycles. The Morgan fingerprint density at radius 1 is 0.871 bits per heavy atom. The molecule has 2 bridgehead atoms. The molecule has 6 aliphatic heterocycles. The van der Waals surface area contributed by atoms with Crippen molar-refractivity contribution in [2.45, 2.75) is 159 Å². The number of hydrogen-bond acceptors (Lipinski definition) is 13. The highest BCUT2D eigenvalue weighted by molar-refractivity contribution is 6.02. The van der Waals surface area contributed by atoms with Gasteiger partial charge in [-0.3, -0.25) is 38.8 Å². The summed E-state index contributed by atoms with van der Waals surface area (Å²) >= 11 is 0. The van der Waals surface area contributed by atoms with Crippen molar-refractivity contribution in [2.24, 2.45) is 18.4 Å². The fourth-order valence-electron chi connectivity index (χ4n) is 15.7. The number of likely N-dealkylation sites (tertiary alicyclic amines) is 1. The molecule has 3 unspecified atom stereocenters. The lowest BCUT2D eigenvalue weighted by atomic mass is 9.65. The molecule has 0 radical (unpaired) electrons. The summed E-state index contributed by atoms with van der Waals surface area (Å²) in [6.45, 7) is 9.06. The number of imide groups is 1. The van der Waals surface area contributed by atoms with Gasteiger partial charge in [0.2, 0.25) is 11.8 Å². The first-order valence-corrected chi connectivity index (χ1v) is 30.5. The number of aryl methyl sites for hydroxylation is 2. The fraction of sp³-hybridized carbons (Fsp3) is 0.538. The van der Waals surface area contributed by atoms with Crippen LogP contribution < -0.4 is 20.6 Å². The van der Waals surface area contributed by atoms with Crippen LogP contribution in [0.15, 0.2) is 59.5 Å². The molecule has 4 amide bonds. The quantitative estimate of drug-likeness (QED) is 0.0955. The summed E-state index contributed by atoms with van der Waals surface area (Å²) in [5.41, 5.74) is 1.87. The summed E-state index contributed by atoms with van der Waals surface area (Å²) in [6.07, 6.45) is 20.4. The predicted octanol–water partition coefficient (Wildman–Crippen LogP) is 9.74. The largest absolute Gasteiger partial charge is 0.461 e. The van der Waals surface area contributed by atoms with Crippen LogP contribution in [0.5, 0.6) is 6.01 Å². The van der Waals surface area contributed by atoms with E-state index >= 15 is 8.78 Å². The molecule has 18 nitrogen and oxygen atoms in total. The molecule has 85 heavy (non-hydrogen) atoms. The van der Waals surface area contributed by atoms with E-state index in [9.17, 15) is 24.0 Å². The zero-order valence-electron chi connectivity index (χ0n) is 49.0. The highest BCUT2D eigenvalue weighted by atomic mass is 19.1. The van der Waals surface area contributed by atoms with Crippen LogP contribution in [0.2, 0.25) is 0 Å². The number of piperazine rings is 1. The molecule has 13 rings (SSSR count). The van der Waals surface area contributed by atoms with Crippen molar-refractivity contribution in [3.63, 3.8) is 0 Å². The van der Waals surface area contributed by atoms with E-state index in [0.29, 0.717) is 66.1 Å². The molecule has 9 heterocycles. The lowest BCUT2D eigenvalue weighted by Gasteiger charge is -2.45. The number of hydrogen-bond donors (Lipinski definition) is 1. The zero-order chi connectivity index (χ0) is 59.1. The van der Waals surface area contributed by atoms with Crippen LogP contribution in [-0.2, 0) is 32.5 Å². The predicted molar refractivity (Wildman–Crippen MR) is 316 cm³/mol. The number of para-hydroxylation sites is 1. The summed E-state index contributed by atoms with van der Waals surface area (Å²) in [7, 11) is 1.76. The molecular weight excluding hydrogens is 1090 g/mol. The number of ether oxygens (including phenoxy) is 3. The van der Waals surface area contributed by atoms with Gasteiger partial charge in [0.25, 0.3) is 0 Å². The monoisotopic (exact) mass is 1160 g/mol. The lowest BCUT2D eigenvalue weighted by Crippen LogP contribution is -2.57. The average Bonchev–Trinajstić information content (AvgIpc) is 2.57. The number of fused-ring (bicyclic) bond motifs is 6. The molecule has 1 saturated carbocycles. The Morgan fingerprint density at radius 2 is 1.64 bits per heavy atom. The minimum atomic E-state index is -0.725. The van der Waals surface area contributed by atoms with Gasteiger partial charge in [0.05, 0.1) is 39.6 Å². The molecule has 7 fully saturated rings. The van der Waals surface area contributed by atoms with E-state index in [0.717, 1.165) is 113 Å². The molecule has 1 spiro atoms. The van der Waals surface area contributed by atoms with E-state index in [1.807, 2.05) is 42.7 Å². The maximum absolute atomic E-state index is 17.5. The normalized spacial score (nSPS) is 24.4. The van der Waals surface area contributed by atoms with Gasteiger partial charge in [0, 0.05) is 62.8 Å². The van der Waals surface area contributed by atoms with E-state index in [4.69, 9.17) is 30.6 Å². The fourth-order valence-corrected chi connectivity index (χ4v) is 15.7. The minimum absolute atomic E-state index is 0.00194. The van der Waals surface area contributed by atoms with Crippen LogP contribution in [0.1, 0.15) is 134 Å². The number of amides is 4. The first-order valence-electron chi connectivity index (χ1n) is 30.5. The maximum atomic E-state index is 17.5. The smallest absolute Gasteiger partial charge is 0.410 e. The SMILES string of the molecule is C#Cc1c(F)ccc2cccc(-c3ncc4c(N5CC6CCC(C5)N6C(=O)OC(C)(C)C)nc(OC[C@@]56CCCN5[C@H](COC(=O)N5CCC7(CCC(CCc8cccc9c8n(C)c(=O)n9C8CCC(=O)NC8=O)CC7)CC5)CC6)nc4c3F)c12. The van der Waals surface area contributed by atoms with Crippen LogP contribution in [0, 0.1) is 35.3 Å². The van der Waals surface area contributed by atoms with Gasteiger partial charge in [-0.25, -0.2) is 23.2 Å². The number of nitrogens with zero attached hydrogens (tertiary/aromatic N) is 9. The van der Waals surface area contributed by atoms with Crippen molar-refractivity contribution in [1.29, 1.82) is 0 Å². The molecule has 446 valence electrons. The van der Waals surface area contributed by atoms with Gasteiger partial charge in [-0.15, -0.1) is 6.42 Å². The van der Waals surface area contributed by atoms with Crippen molar-refractivity contribution < 1.29 is 42.2 Å². The minimum Gasteiger partial charge on any atom is -0.461 e. The second kappa shape index (κ2) is 22.0. The number of halogens is 2. The number of terminal acetylenes is 1. The van der Waals surface area contributed by atoms with Gasteiger partial charge in [-0.1, -0.05) is 42.3 Å². The number of imidazole rings is 1. The number of rotatable bonds is 11. The molecule has 6 saturated heterocycles. The Bertz CT molecular complexity index is 3760. The molecule has 1 N–H and O–H groups in total. The summed E-state index contributed by atoms with van der Waals surface area (Å²) in [6, 6.07) is 13.0. The van der Waals surface area contributed by atoms with Gasteiger partial charge < -0.3 is 24.0 Å². The third kappa shape index (κ3) is 10.3. The van der Waals surface area contributed by atoms with Gasteiger partial charge in [-0.05, 0) is 158 Å². The van der Waals surface area contributed by atoms with Gasteiger partial charge in [-0.2, -0.15) is 9.97 Å². The molecule has 20 heteroatoms. The summed E-state index contributed by atoms with van der Waals surface area (Å²) in [5.74, 6) is 1.40. The highest BCUT2D eigenvalue weighted by Gasteiger charge is 2.51. The number of carbonyl (C=O) groups is 4. The Hall–Kier alpha value is -7.66. The third-order valence-corrected chi connectivity index (χ3v) is 20.1. The van der Waals surface area contributed by atoms with Crippen LogP contribution in [0.4, 0.5) is 24.2 Å². The number of anilines is 1. The molecule has 3 aromatic heterocycles. The molecule has 7 aliphatic rings. The van der Waals surface area contributed by atoms with E-state index < -0.39 is 29.2 Å². The summed E-state index contributed by atoms with van der Waals surface area (Å²) < 4.78 is 54.6. The average molecular weight is 1160 g/mol. The van der Waals surface area contributed by atoms with Crippen LogP contribution >= 0.6 is 0 Å². The van der Waals surface area contributed by atoms with E-state index in [1.165, 1.54) is 6.07 Å². The van der Waals surface area contributed by atoms with Crippen molar-refractivity contribution >= 4 is 62.5 Å². The zero-order valence-corrected chi connectivity index (χ0v) is 49.0. The Morgan fingerprint density at radius 3 is 2.38 bits per heavy atom. The third-order valence-electron chi connectivity index (χ3n) is 20.1. The second-order valence-corrected chi connectivity index (χ2v) is 26.2. The van der Waals surface area contributed by atoms with Crippen LogP contribution in [0.3, 0.4) is 0 Å². The van der Waals surface area contributed by atoms with E-state index in [2.05, 4.69) is 32.1 Å².